The zero-order chi connectivity index (χ0) is 12.7. The van der Waals surface area contributed by atoms with Crippen molar-refractivity contribution in [2.24, 2.45) is 11.7 Å². The second kappa shape index (κ2) is 8.03. The Hall–Kier alpha value is -0.160. The molecule has 0 spiro atoms. The SMILES string of the molecule is COCCN(CCC(N)C1CC1)C(C)COC. The van der Waals surface area contributed by atoms with Gasteiger partial charge in [-0.05, 0) is 32.1 Å². The van der Waals surface area contributed by atoms with Crippen LogP contribution in [0, 0.1) is 5.92 Å². The van der Waals surface area contributed by atoms with Crippen molar-refractivity contribution in [3.63, 3.8) is 0 Å². The maximum atomic E-state index is 6.14. The molecule has 0 bridgehead atoms. The van der Waals surface area contributed by atoms with Crippen LogP contribution in [0.25, 0.3) is 0 Å². The van der Waals surface area contributed by atoms with Gasteiger partial charge in [0.05, 0.1) is 13.2 Å². The molecule has 1 aliphatic rings. The van der Waals surface area contributed by atoms with E-state index < -0.39 is 0 Å². The van der Waals surface area contributed by atoms with Crippen LogP contribution in [-0.2, 0) is 9.47 Å². The summed E-state index contributed by atoms with van der Waals surface area (Å²) in [5, 5.41) is 0. The van der Waals surface area contributed by atoms with E-state index in [4.69, 9.17) is 15.2 Å². The van der Waals surface area contributed by atoms with Crippen molar-refractivity contribution in [2.75, 3.05) is 40.5 Å². The largest absolute Gasteiger partial charge is 0.383 e. The van der Waals surface area contributed by atoms with Crippen LogP contribution in [0.15, 0.2) is 0 Å². The van der Waals surface area contributed by atoms with Gasteiger partial charge in [-0.1, -0.05) is 0 Å². The summed E-state index contributed by atoms with van der Waals surface area (Å²) in [6.07, 6.45) is 3.74. The molecular formula is C13H28N2O2. The van der Waals surface area contributed by atoms with Gasteiger partial charge in [-0.3, -0.25) is 4.90 Å². The van der Waals surface area contributed by atoms with Gasteiger partial charge in [0.15, 0.2) is 0 Å². The Morgan fingerprint density at radius 3 is 2.47 bits per heavy atom. The van der Waals surface area contributed by atoms with E-state index in [0.29, 0.717) is 12.1 Å². The fourth-order valence-electron chi connectivity index (χ4n) is 2.18. The second-order valence-corrected chi connectivity index (χ2v) is 5.12. The first-order valence-electron chi connectivity index (χ1n) is 6.66. The van der Waals surface area contributed by atoms with Gasteiger partial charge in [0.2, 0.25) is 0 Å². The Labute approximate surface area is 105 Å². The molecule has 4 heteroatoms. The van der Waals surface area contributed by atoms with Gasteiger partial charge in [0, 0.05) is 39.4 Å². The molecule has 2 N–H and O–H groups in total. The first kappa shape index (κ1) is 14.9. The number of nitrogens with zero attached hydrogens (tertiary/aromatic N) is 1. The lowest BCUT2D eigenvalue weighted by molar-refractivity contribution is 0.0728. The lowest BCUT2D eigenvalue weighted by Crippen LogP contribution is -2.41. The molecule has 0 aromatic rings. The number of nitrogens with two attached hydrogens (primary N) is 1. The Kier molecular flexibility index (Phi) is 7.04. The molecule has 0 radical (unpaired) electrons. The maximum Gasteiger partial charge on any atom is 0.0615 e. The Morgan fingerprint density at radius 2 is 1.94 bits per heavy atom. The standard InChI is InChI=1S/C13H28N2O2/c1-11(10-17-3)15(8-9-16-2)7-6-13(14)12-4-5-12/h11-13H,4-10,14H2,1-3H3. The van der Waals surface area contributed by atoms with Crippen LogP contribution in [0.4, 0.5) is 0 Å². The van der Waals surface area contributed by atoms with E-state index in [1.54, 1.807) is 14.2 Å². The van der Waals surface area contributed by atoms with Gasteiger partial charge in [-0.15, -0.1) is 0 Å². The Morgan fingerprint density at radius 1 is 1.24 bits per heavy atom. The van der Waals surface area contributed by atoms with Crippen molar-refractivity contribution in [1.29, 1.82) is 0 Å². The predicted octanol–water partition coefficient (Wildman–Crippen LogP) is 1.10. The minimum absolute atomic E-state index is 0.384. The van der Waals surface area contributed by atoms with Gasteiger partial charge in [-0.2, -0.15) is 0 Å². The van der Waals surface area contributed by atoms with Gasteiger partial charge in [0.1, 0.15) is 0 Å². The van der Waals surface area contributed by atoms with Gasteiger partial charge in [-0.25, -0.2) is 0 Å². The van der Waals surface area contributed by atoms with E-state index in [1.165, 1.54) is 12.8 Å². The summed E-state index contributed by atoms with van der Waals surface area (Å²) >= 11 is 0. The van der Waals surface area contributed by atoms with E-state index in [0.717, 1.165) is 38.6 Å². The first-order chi connectivity index (χ1) is 8.19. The molecule has 0 amide bonds. The molecule has 0 aromatic heterocycles. The topological polar surface area (TPSA) is 47.7 Å². The van der Waals surface area contributed by atoms with Gasteiger partial charge < -0.3 is 15.2 Å². The van der Waals surface area contributed by atoms with Crippen LogP contribution in [-0.4, -0.2) is 57.5 Å². The molecule has 0 saturated heterocycles. The molecule has 102 valence electrons. The minimum atomic E-state index is 0.384. The molecular weight excluding hydrogens is 216 g/mol. The summed E-state index contributed by atoms with van der Waals surface area (Å²) < 4.78 is 10.4. The smallest absolute Gasteiger partial charge is 0.0615 e. The minimum Gasteiger partial charge on any atom is -0.383 e. The quantitative estimate of drug-likeness (QED) is 0.625. The summed E-state index contributed by atoms with van der Waals surface area (Å²) in [6, 6.07) is 0.816. The normalized spacial score (nSPS) is 19.6. The van der Waals surface area contributed by atoms with Crippen LogP contribution in [0.1, 0.15) is 26.2 Å². The Balaban J connectivity index is 2.27. The summed E-state index contributed by atoms with van der Waals surface area (Å²) in [7, 11) is 3.50. The summed E-state index contributed by atoms with van der Waals surface area (Å²) in [5.41, 5.74) is 6.14. The van der Waals surface area contributed by atoms with E-state index in [2.05, 4.69) is 11.8 Å². The van der Waals surface area contributed by atoms with Crippen molar-refractivity contribution in [1.82, 2.24) is 4.90 Å². The number of hydrogen-bond donors (Lipinski definition) is 1. The number of hydrogen-bond acceptors (Lipinski definition) is 4. The average molecular weight is 244 g/mol. The third kappa shape index (κ3) is 5.82. The lowest BCUT2D eigenvalue weighted by atomic mass is 10.1. The van der Waals surface area contributed by atoms with E-state index in [-0.39, 0.29) is 0 Å². The van der Waals surface area contributed by atoms with Crippen LogP contribution >= 0.6 is 0 Å². The molecule has 1 fully saturated rings. The zero-order valence-corrected chi connectivity index (χ0v) is 11.5. The summed E-state index contributed by atoms with van der Waals surface area (Å²) in [6.45, 7) is 5.74. The van der Waals surface area contributed by atoms with Crippen molar-refractivity contribution >= 4 is 0 Å². The molecule has 17 heavy (non-hydrogen) atoms. The van der Waals surface area contributed by atoms with Crippen molar-refractivity contribution in [3.05, 3.63) is 0 Å². The molecule has 4 nitrogen and oxygen atoms in total. The average Bonchev–Trinajstić information content (AvgIpc) is 3.13. The number of ether oxygens (including phenoxy) is 2. The molecule has 0 aromatic carbocycles. The highest BCUT2D eigenvalue weighted by Crippen LogP contribution is 2.32. The number of rotatable bonds is 10. The summed E-state index contributed by atoms with van der Waals surface area (Å²) in [5.74, 6) is 0.789. The van der Waals surface area contributed by atoms with Crippen LogP contribution in [0.3, 0.4) is 0 Å². The van der Waals surface area contributed by atoms with Crippen molar-refractivity contribution < 1.29 is 9.47 Å². The lowest BCUT2D eigenvalue weighted by Gasteiger charge is -2.29. The predicted molar refractivity (Wildman–Crippen MR) is 70.1 cm³/mol. The van der Waals surface area contributed by atoms with Crippen LogP contribution in [0.5, 0.6) is 0 Å². The zero-order valence-electron chi connectivity index (χ0n) is 11.5. The highest BCUT2D eigenvalue weighted by molar-refractivity contribution is 4.84. The summed E-state index contributed by atoms with van der Waals surface area (Å²) in [4.78, 5) is 2.41. The molecule has 2 unspecified atom stereocenters. The molecule has 1 aliphatic carbocycles. The highest BCUT2D eigenvalue weighted by atomic mass is 16.5. The Bertz CT molecular complexity index is 198. The monoisotopic (exact) mass is 244 g/mol. The number of methoxy groups -OCH3 is 2. The third-order valence-corrected chi connectivity index (χ3v) is 3.59. The second-order valence-electron chi connectivity index (χ2n) is 5.12. The molecule has 1 saturated carbocycles. The van der Waals surface area contributed by atoms with Crippen molar-refractivity contribution in [2.45, 2.75) is 38.3 Å². The van der Waals surface area contributed by atoms with E-state index >= 15 is 0 Å². The third-order valence-electron chi connectivity index (χ3n) is 3.59. The van der Waals surface area contributed by atoms with E-state index in [9.17, 15) is 0 Å². The molecule has 0 aliphatic heterocycles. The maximum absolute atomic E-state index is 6.14. The molecule has 2 atom stereocenters. The molecule has 1 rings (SSSR count). The van der Waals surface area contributed by atoms with E-state index in [1.807, 2.05) is 0 Å². The molecule has 0 heterocycles. The van der Waals surface area contributed by atoms with Gasteiger partial charge in [0.25, 0.3) is 0 Å². The van der Waals surface area contributed by atoms with Crippen LogP contribution in [0.2, 0.25) is 0 Å². The first-order valence-corrected chi connectivity index (χ1v) is 6.66. The van der Waals surface area contributed by atoms with Gasteiger partial charge >= 0.3 is 0 Å². The fourth-order valence-corrected chi connectivity index (χ4v) is 2.18. The van der Waals surface area contributed by atoms with Crippen molar-refractivity contribution in [3.8, 4) is 0 Å². The fraction of sp³-hybridized carbons (Fsp3) is 1.00. The van der Waals surface area contributed by atoms with Crippen LogP contribution < -0.4 is 5.73 Å². The highest BCUT2D eigenvalue weighted by Gasteiger charge is 2.28.